The quantitative estimate of drug-likeness (QED) is 0.729. The summed E-state index contributed by atoms with van der Waals surface area (Å²) in [4.78, 5) is 33.8. The minimum atomic E-state index is -1.33. The number of nitrogens with one attached hydrogen (secondary N) is 1. The van der Waals surface area contributed by atoms with Crippen LogP contribution in [-0.2, 0) is 9.59 Å². The molecule has 3 N–H and O–H groups in total. The summed E-state index contributed by atoms with van der Waals surface area (Å²) in [6.45, 7) is -1.49. The number of halogens is 1. The third-order valence-electron chi connectivity index (χ3n) is 2.28. The van der Waals surface area contributed by atoms with E-state index in [-0.39, 0.29) is 0 Å². The van der Waals surface area contributed by atoms with Gasteiger partial charge in [0, 0.05) is 4.47 Å². The lowest BCUT2D eigenvalue weighted by Gasteiger charge is -2.19. The van der Waals surface area contributed by atoms with E-state index in [1.807, 2.05) is 6.07 Å². The number of carboxylic acid groups (broad SMARTS) is 2. The number of rotatable bonds is 5. The van der Waals surface area contributed by atoms with Crippen molar-refractivity contribution in [3.8, 4) is 6.07 Å². The first-order valence-electron chi connectivity index (χ1n) is 5.52. The molecule has 8 nitrogen and oxygen atoms in total. The lowest BCUT2D eigenvalue weighted by atomic mass is 10.2. The number of anilines is 1. The number of aliphatic carboxylic acids is 2. The Hall–Kier alpha value is -2.60. The number of carbonyl (C=O) groups is 3. The molecular weight excluding hydrogens is 346 g/mol. The molecule has 1 rings (SSSR count). The molecule has 0 aliphatic heterocycles. The number of nitriles is 1. The number of amides is 2. The van der Waals surface area contributed by atoms with Crippen LogP contribution in [0.1, 0.15) is 5.56 Å². The van der Waals surface area contributed by atoms with Gasteiger partial charge < -0.3 is 20.4 Å². The van der Waals surface area contributed by atoms with Crippen molar-refractivity contribution in [1.29, 1.82) is 5.26 Å². The molecule has 0 bridgehead atoms. The SMILES string of the molecule is N#Cc1ccc(NC(=O)N(CC(=O)O)CC(=O)O)c(Br)c1. The first kappa shape index (κ1) is 16.5. The molecule has 0 saturated heterocycles. The predicted molar refractivity (Wildman–Crippen MR) is 74.7 cm³/mol. The van der Waals surface area contributed by atoms with Crippen molar-refractivity contribution in [3.63, 3.8) is 0 Å². The van der Waals surface area contributed by atoms with E-state index in [0.717, 1.165) is 0 Å². The number of carbonyl (C=O) groups excluding carboxylic acids is 1. The molecule has 0 spiro atoms. The summed E-state index contributed by atoms with van der Waals surface area (Å²) in [6, 6.07) is 5.41. The zero-order chi connectivity index (χ0) is 16.0. The highest BCUT2D eigenvalue weighted by molar-refractivity contribution is 9.10. The molecule has 0 aliphatic carbocycles. The first-order valence-corrected chi connectivity index (χ1v) is 6.32. The first-order chi connectivity index (χ1) is 9.83. The topological polar surface area (TPSA) is 131 Å². The van der Waals surface area contributed by atoms with Crippen LogP contribution in [0.3, 0.4) is 0 Å². The normalized spacial score (nSPS) is 9.52. The molecule has 1 aromatic carbocycles. The summed E-state index contributed by atoms with van der Waals surface area (Å²) in [5, 5.41) is 28.5. The second-order valence-corrected chi connectivity index (χ2v) is 4.73. The summed E-state index contributed by atoms with van der Waals surface area (Å²) in [5.41, 5.74) is 0.660. The molecule has 0 saturated carbocycles. The molecular formula is C12H10BrN3O5. The Morgan fingerprint density at radius 1 is 1.24 bits per heavy atom. The number of nitrogens with zero attached hydrogens (tertiary/aromatic N) is 2. The van der Waals surface area contributed by atoms with E-state index in [0.29, 0.717) is 20.6 Å². The number of urea groups is 1. The van der Waals surface area contributed by atoms with Crippen LogP contribution in [0.2, 0.25) is 0 Å². The largest absolute Gasteiger partial charge is 0.480 e. The maximum atomic E-state index is 11.9. The van der Waals surface area contributed by atoms with Gasteiger partial charge in [0.05, 0.1) is 17.3 Å². The van der Waals surface area contributed by atoms with Crippen molar-refractivity contribution in [1.82, 2.24) is 4.90 Å². The molecule has 2 amide bonds. The lowest BCUT2D eigenvalue weighted by Crippen LogP contribution is -2.42. The van der Waals surface area contributed by atoms with Gasteiger partial charge in [-0.1, -0.05) is 0 Å². The monoisotopic (exact) mass is 355 g/mol. The van der Waals surface area contributed by atoms with Crippen molar-refractivity contribution in [2.24, 2.45) is 0 Å². The minimum absolute atomic E-state index is 0.291. The van der Waals surface area contributed by atoms with E-state index in [1.54, 1.807) is 0 Å². The summed E-state index contributed by atoms with van der Waals surface area (Å²) in [7, 11) is 0. The molecule has 0 radical (unpaired) electrons. The van der Waals surface area contributed by atoms with Crippen molar-refractivity contribution in [2.45, 2.75) is 0 Å². The van der Waals surface area contributed by atoms with E-state index in [1.165, 1.54) is 18.2 Å². The van der Waals surface area contributed by atoms with Crippen LogP contribution in [-0.4, -0.2) is 46.2 Å². The van der Waals surface area contributed by atoms with Gasteiger partial charge in [0.1, 0.15) is 13.1 Å². The molecule has 110 valence electrons. The Bertz CT molecular complexity index is 610. The zero-order valence-electron chi connectivity index (χ0n) is 10.5. The van der Waals surface area contributed by atoms with Gasteiger partial charge in [0.25, 0.3) is 0 Å². The van der Waals surface area contributed by atoms with E-state index < -0.39 is 31.1 Å². The highest BCUT2D eigenvalue weighted by Crippen LogP contribution is 2.23. The highest BCUT2D eigenvalue weighted by Gasteiger charge is 2.20. The fourth-order valence-corrected chi connectivity index (χ4v) is 1.88. The van der Waals surface area contributed by atoms with Gasteiger partial charge in [-0.05, 0) is 34.1 Å². The van der Waals surface area contributed by atoms with Crippen molar-refractivity contribution in [3.05, 3.63) is 28.2 Å². The molecule has 0 aromatic heterocycles. The molecule has 0 heterocycles. The average Bonchev–Trinajstić information content (AvgIpc) is 2.39. The summed E-state index contributed by atoms with van der Waals surface area (Å²) in [5.74, 6) is -2.66. The van der Waals surface area contributed by atoms with Crippen LogP contribution in [0, 0.1) is 11.3 Å². The molecule has 0 unspecified atom stereocenters. The van der Waals surface area contributed by atoms with Crippen LogP contribution in [0.25, 0.3) is 0 Å². The van der Waals surface area contributed by atoms with Crippen molar-refractivity contribution in [2.75, 3.05) is 18.4 Å². The van der Waals surface area contributed by atoms with E-state index in [2.05, 4.69) is 21.2 Å². The number of hydrogen-bond acceptors (Lipinski definition) is 4. The van der Waals surface area contributed by atoms with Crippen molar-refractivity contribution < 1.29 is 24.6 Å². The maximum Gasteiger partial charge on any atom is 0.323 e. The van der Waals surface area contributed by atoms with Crippen LogP contribution >= 0.6 is 15.9 Å². The third kappa shape index (κ3) is 5.12. The molecule has 9 heteroatoms. The Balaban J connectivity index is 2.88. The number of hydrogen-bond donors (Lipinski definition) is 3. The summed E-state index contributed by atoms with van der Waals surface area (Å²) >= 11 is 3.15. The van der Waals surface area contributed by atoms with Gasteiger partial charge in [-0.15, -0.1) is 0 Å². The van der Waals surface area contributed by atoms with Crippen LogP contribution in [0.4, 0.5) is 10.5 Å². The molecule has 21 heavy (non-hydrogen) atoms. The number of carboxylic acids is 2. The smallest absolute Gasteiger partial charge is 0.323 e. The predicted octanol–water partition coefficient (Wildman–Crippen LogP) is 1.32. The van der Waals surface area contributed by atoms with Crippen LogP contribution in [0.5, 0.6) is 0 Å². The van der Waals surface area contributed by atoms with E-state index in [9.17, 15) is 14.4 Å². The van der Waals surface area contributed by atoms with E-state index >= 15 is 0 Å². The number of benzene rings is 1. The highest BCUT2D eigenvalue weighted by atomic mass is 79.9. The van der Waals surface area contributed by atoms with Crippen LogP contribution < -0.4 is 5.32 Å². The second-order valence-electron chi connectivity index (χ2n) is 3.88. The minimum Gasteiger partial charge on any atom is -0.480 e. The Labute approximate surface area is 127 Å². The molecule has 0 atom stereocenters. The Kier molecular flexibility index (Phi) is 5.68. The summed E-state index contributed by atoms with van der Waals surface area (Å²) < 4.78 is 0.417. The van der Waals surface area contributed by atoms with Crippen LogP contribution in [0.15, 0.2) is 22.7 Å². The van der Waals surface area contributed by atoms with Gasteiger partial charge in [0.2, 0.25) is 0 Å². The van der Waals surface area contributed by atoms with Gasteiger partial charge in [0.15, 0.2) is 0 Å². The standard InChI is InChI=1S/C12H10BrN3O5/c13-8-3-7(4-14)1-2-9(8)15-12(21)16(5-10(17)18)6-11(19)20/h1-3H,5-6H2,(H,15,21)(H,17,18)(H,19,20). The van der Waals surface area contributed by atoms with Gasteiger partial charge in [-0.25, -0.2) is 4.79 Å². The molecule has 0 fully saturated rings. The average molecular weight is 356 g/mol. The van der Waals surface area contributed by atoms with Gasteiger partial charge in [-0.2, -0.15) is 5.26 Å². The maximum absolute atomic E-state index is 11.9. The fraction of sp³-hybridized carbons (Fsp3) is 0.167. The van der Waals surface area contributed by atoms with Gasteiger partial charge >= 0.3 is 18.0 Å². The molecule has 0 aliphatic rings. The van der Waals surface area contributed by atoms with Gasteiger partial charge in [-0.3, -0.25) is 9.59 Å². The molecule has 1 aromatic rings. The summed E-state index contributed by atoms with van der Waals surface area (Å²) in [6.07, 6.45) is 0. The fourth-order valence-electron chi connectivity index (χ4n) is 1.41. The van der Waals surface area contributed by atoms with E-state index in [4.69, 9.17) is 15.5 Å². The Morgan fingerprint density at radius 3 is 2.24 bits per heavy atom. The lowest BCUT2D eigenvalue weighted by molar-refractivity contribution is -0.140. The third-order valence-corrected chi connectivity index (χ3v) is 2.94. The van der Waals surface area contributed by atoms with Crippen molar-refractivity contribution >= 4 is 39.6 Å². The second kappa shape index (κ2) is 7.25. The Morgan fingerprint density at radius 2 is 1.81 bits per heavy atom. The zero-order valence-corrected chi connectivity index (χ0v) is 12.1.